The maximum Gasteiger partial charge on any atom is 0.163 e. The minimum atomic E-state index is 0.552. The number of para-hydroxylation sites is 1. The van der Waals surface area contributed by atoms with Crippen molar-refractivity contribution in [2.75, 3.05) is 19.5 Å². The summed E-state index contributed by atoms with van der Waals surface area (Å²) in [4.78, 5) is 25.4. The lowest BCUT2D eigenvalue weighted by atomic mass is 10.0. The Hall–Kier alpha value is -4.62. The van der Waals surface area contributed by atoms with Crippen LogP contribution >= 0.6 is 0 Å². The van der Waals surface area contributed by atoms with Crippen molar-refractivity contribution in [1.29, 1.82) is 0 Å². The highest BCUT2D eigenvalue weighted by molar-refractivity contribution is 5.97. The maximum atomic E-state index is 11.6. The summed E-state index contributed by atoms with van der Waals surface area (Å²) in [5.74, 6) is 1.95. The van der Waals surface area contributed by atoms with Crippen LogP contribution in [0.4, 0.5) is 11.5 Å². The van der Waals surface area contributed by atoms with Crippen molar-refractivity contribution >= 4 is 28.7 Å². The summed E-state index contributed by atoms with van der Waals surface area (Å²) < 4.78 is 5.38. The monoisotopic (exact) mass is 463 g/mol. The molecule has 5 aromatic rings. The molecule has 3 aromatic carbocycles. The van der Waals surface area contributed by atoms with E-state index in [0.717, 1.165) is 39.6 Å². The summed E-state index contributed by atoms with van der Waals surface area (Å²) in [5, 5.41) is 4.19. The van der Waals surface area contributed by atoms with Gasteiger partial charge in [-0.3, -0.25) is 9.78 Å². The number of benzene rings is 3. The van der Waals surface area contributed by atoms with Gasteiger partial charge in [0.05, 0.1) is 18.3 Å². The van der Waals surface area contributed by atoms with Crippen molar-refractivity contribution in [3.8, 4) is 28.3 Å². The molecule has 0 aliphatic rings. The van der Waals surface area contributed by atoms with Gasteiger partial charge in [-0.2, -0.15) is 0 Å². The zero-order chi connectivity index (χ0) is 24.6. The lowest BCUT2D eigenvalue weighted by Gasteiger charge is -2.14. The van der Waals surface area contributed by atoms with Crippen LogP contribution < -0.4 is 15.8 Å². The van der Waals surface area contributed by atoms with Gasteiger partial charge in [0.25, 0.3) is 0 Å². The standard InChI is InChI=1S/C27H20N4O2.CH5N/c1-33-22-9-4-7-18(14-22)19-11-12-25-23(15-19)27(29-24-10-3-2-6-21(24)17-32)31-26(30-25)20-8-5-13-28-16-20;1-2/h2-17H,1H3,(H,29,30,31);2H2,1H3. The van der Waals surface area contributed by atoms with Crippen LogP contribution in [0.3, 0.4) is 0 Å². The predicted molar refractivity (Wildman–Crippen MR) is 140 cm³/mol. The Morgan fingerprint density at radius 1 is 0.857 bits per heavy atom. The number of anilines is 2. The summed E-state index contributed by atoms with van der Waals surface area (Å²) in [7, 11) is 3.15. The number of nitrogens with two attached hydrogens (primary N) is 1. The molecule has 0 bridgehead atoms. The maximum absolute atomic E-state index is 11.6. The normalized spacial score (nSPS) is 10.3. The molecular formula is C28H25N5O2. The second-order valence-electron chi connectivity index (χ2n) is 7.43. The molecule has 2 heterocycles. The highest BCUT2D eigenvalue weighted by atomic mass is 16.5. The van der Waals surface area contributed by atoms with Crippen molar-refractivity contribution in [2.45, 2.75) is 0 Å². The van der Waals surface area contributed by atoms with E-state index in [2.05, 4.69) is 16.0 Å². The third-order valence-electron chi connectivity index (χ3n) is 5.36. The van der Waals surface area contributed by atoms with E-state index in [1.807, 2.05) is 72.8 Å². The largest absolute Gasteiger partial charge is 0.497 e. The SMILES string of the molecule is CN.COc1cccc(-c2ccc3nc(-c4cccnc4)nc(Nc4ccccc4C=O)c3c2)c1. The van der Waals surface area contributed by atoms with E-state index in [4.69, 9.17) is 14.7 Å². The smallest absolute Gasteiger partial charge is 0.163 e. The molecule has 0 radical (unpaired) electrons. The Balaban J connectivity index is 0.00000141. The molecule has 0 aliphatic heterocycles. The molecule has 0 fully saturated rings. The van der Waals surface area contributed by atoms with Gasteiger partial charge in [0, 0.05) is 28.9 Å². The minimum Gasteiger partial charge on any atom is -0.497 e. The van der Waals surface area contributed by atoms with Gasteiger partial charge >= 0.3 is 0 Å². The molecule has 35 heavy (non-hydrogen) atoms. The molecule has 0 spiro atoms. The summed E-state index contributed by atoms with van der Waals surface area (Å²) in [5.41, 5.74) is 9.34. The van der Waals surface area contributed by atoms with E-state index in [-0.39, 0.29) is 0 Å². The Morgan fingerprint density at radius 3 is 2.43 bits per heavy atom. The van der Waals surface area contributed by atoms with Gasteiger partial charge in [0.2, 0.25) is 0 Å². The van der Waals surface area contributed by atoms with Crippen LogP contribution in [0.5, 0.6) is 5.75 Å². The van der Waals surface area contributed by atoms with Gasteiger partial charge in [-0.15, -0.1) is 0 Å². The first-order valence-electron chi connectivity index (χ1n) is 11.0. The molecule has 0 saturated carbocycles. The van der Waals surface area contributed by atoms with Gasteiger partial charge in [0.1, 0.15) is 11.6 Å². The summed E-state index contributed by atoms with van der Waals surface area (Å²) in [6, 6.07) is 25.0. The molecule has 0 amide bonds. The summed E-state index contributed by atoms with van der Waals surface area (Å²) in [6.45, 7) is 0. The second kappa shape index (κ2) is 11.0. The van der Waals surface area contributed by atoms with Gasteiger partial charge < -0.3 is 15.8 Å². The van der Waals surface area contributed by atoms with E-state index >= 15 is 0 Å². The molecule has 0 aliphatic carbocycles. The van der Waals surface area contributed by atoms with Crippen molar-refractivity contribution < 1.29 is 9.53 Å². The molecule has 174 valence electrons. The third kappa shape index (κ3) is 5.15. The van der Waals surface area contributed by atoms with Gasteiger partial charge in [-0.25, -0.2) is 9.97 Å². The zero-order valence-electron chi connectivity index (χ0n) is 19.5. The Morgan fingerprint density at radius 2 is 1.66 bits per heavy atom. The highest BCUT2D eigenvalue weighted by Crippen LogP contribution is 2.32. The Kier molecular flexibility index (Phi) is 7.40. The van der Waals surface area contributed by atoms with Gasteiger partial charge in [-0.05, 0) is 66.7 Å². The molecule has 5 rings (SSSR count). The van der Waals surface area contributed by atoms with E-state index in [0.29, 0.717) is 22.9 Å². The van der Waals surface area contributed by atoms with E-state index in [1.54, 1.807) is 25.6 Å². The van der Waals surface area contributed by atoms with Crippen LogP contribution in [0.25, 0.3) is 33.4 Å². The summed E-state index contributed by atoms with van der Waals surface area (Å²) in [6.07, 6.45) is 4.27. The topological polar surface area (TPSA) is 103 Å². The number of aromatic nitrogens is 3. The average Bonchev–Trinajstić information content (AvgIpc) is 2.94. The number of hydrogen-bond donors (Lipinski definition) is 2. The molecule has 0 atom stereocenters. The van der Waals surface area contributed by atoms with Crippen LogP contribution in [0.2, 0.25) is 0 Å². The number of rotatable bonds is 6. The first-order chi connectivity index (χ1) is 17.2. The molecule has 0 unspecified atom stereocenters. The average molecular weight is 464 g/mol. The van der Waals surface area contributed by atoms with Gasteiger partial charge in [0.15, 0.2) is 12.1 Å². The molecule has 3 N–H and O–H groups in total. The van der Waals surface area contributed by atoms with E-state index in [9.17, 15) is 4.79 Å². The van der Waals surface area contributed by atoms with E-state index in [1.165, 1.54) is 7.05 Å². The van der Waals surface area contributed by atoms with Crippen LogP contribution in [-0.2, 0) is 0 Å². The highest BCUT2D eigenvalue weighted by Gasteiger charge is 2.13. The van der Waals surface area contributed by atoms with Gasteiger partial charge in [-0.1, -0.05) is 30.3 Å². The number of methoxy groups -OCH3 is 1. The molecule has 2 aromatic heterocycles. The number of pyridine rings is 1. The van der Waals surface area contributed by atoms with Crippen LogP contribution in [0.15, 0.2) is 91.3 Å². The lowest BCUT2D eigenvalue weighted by Crippen LogP contribution is -2.01. The predicted octanol–water partition coefficient (Wildman–Crippen LogP) is 5.50. The number of nitrogens with zero attached hydrogens (tertiary/aromatic N) is 3. The van der Waals surface area contributed by atoms with E-state index < -0.39 is 0 Å². The first kappa shape index (κ1) is 23.5. The van der Waals surface area contributed by atoms with Crippen molar-refractivity contribution in [3.05, 3.63) is 96.8 Å². The zero-order valence-corrected chi connectivity index (χ0v) is 19.5. The fourth-order valence-corrected chi connectivity index (χ4v) is 3.67. The van der Waals surface area contributed by atoms with Crippen molar-refractivity contribution in [1.82, 2.24) is 15.0 Å². The minimum absolute atomic E-state index is 0.552. The van der Waals surface area contributed by atoms with Crippen molar-refractivity contribution in [3.63, 3.8) is 0 Å². The Bertz CT molecular complexity index is 1450. The number of ether oxygens (including phenoxy) is 1. The second-order valence-corrected chi connectivity index (χ2v) is 7.43. The first-order valence-corrected chi connectivity index (χ1v) is 11.0. The lowest BCUT2D eigenvalue weighted by molar-refractivity contribution is 0.112. The van der Waals surface area contributed by atoms with Crippen LogP contribution in [-0.4, -0.2) is 35.4 Å². The number of nitrogens with one attached hydrogen (secondary N) is 1. The number of hydrogen-bond acceptors (Lipinski definition) is 7. The van der Waals surface area contributed by atoms with Crippen LogP contribution in [0.1, 0.15) is 10.4 Å². The van der Waals surface area contributed by atoms with Crippen LogP contribution in [0, 0.1) is 0 Å². The third-order valence-corrected chi connectivity index (χ3v) is 5.36. The summed E-state index contributed by atoms with van der Waals surface area (Å²) >= 11 is 0. The number of aldehydes is 1. The number of carbonyl (C=O) groups is 1. The fourth-order valence-electron chi connectivity index (χ4n) is 3.67. The quantitative estimate of drug-likeness (QED) is 0.321. The molecular weight excluding hydrogens is 438 g/mol. The molecule has 7 heteroatoms. The molecule has 0 saturated heterocycles. The molecule has 7 nitrogen and oxygen atoms in total. The number of carbonyl (C=O) groups excluding carboxylic acids is 1. The Labute approximate surface area is 203 Å². The van der Waals surface area contributed by atoms with Crippen molar-refractivity contribution in [2.24, 2.45) is 5.73 Å². The number of fused-ring (bicyclic) bond motifs is 1. The fraction of sp³-hybridized carbons (Fsp3) is 0.0714.